The van der Waals surface area contributed by atoms with Gasteiger partial charge in [0.25, 0.3) is 0 Å². The molecule has 0 atom stereocenters. The van der Waals surface area contributed by atoms with E-state index in [0.29, 0.717) is 5.92 Å². The quantitative estimate of drug-likeness (QED) is 0.842. The van der Waals surface area contributed by atoms with Crippen LogP contribution in [0, 0.1) is 5.92 Å². The lowest BCUT2D eigenvalue weighted by atomic mass is 9.93. The summed E-state index contributed by atoms with van der Waals surface area (Å²) in [7, 11) is 0. The largest absolute Gasteiger partial charge is 0.237 e. The van der Waals surface area contributed by atoms with Crippen molar-refractivity contribution in [3.05, 3.63) is 41.3 Å². The van der Waals surface area contributed by atoms with Crippen LogP contribution in [-0.4, -0.2) is 14.8 Å². The second-order valence-electron chi connectivity index (χ2n) is 5.78. The zero-order chi connectivity index (χ0) is 13.2. The highest BCUT2D eigenvalue weighted by Gasteiger charge is 2.22. The zero-order valence-corrected chi connectivity index (χ0v) is 11.8. The highest BCUT2D eigenvalue weighted by molar-refractivity contribution is 5.35. The van der Waals surface area contributed by atoms with E-state index in [1.54, 1.807) is 0 Å². The first-order valence-corrected chi connectivity index (χ1v) is 7.26. The van der Waals surface area contributed by atoms with Crippen LogP contribution in [0.4, 0.5) is 0 Å². The Hall–Kier alpha value is -1.64. The van der Waals surface area contributed by atoms with Gasteiger partial charge in [-0.25, -0.2) is 9.67 Å². The van der Waals surface area contributed by atoms with Crippen molar-refractivity contribution in [1.82, 2.24) is 14.8 Å². The Labute approximate surface area is 114 Å². The van der Waals surface area contributed by atoms with Gasteiger partial charge in [-0.2, -0.15) is 5.10 Å². The number of nitrogens with zero attached hydrogens (tertiary/aromatic N) is 3. The summed E-state index contributed by atoms with van der Waals surface area (Å²) in [6, 6.07) is 6.02. The molecule has 2 aromatic heterocycles. The molecule has 0 N–H and O–H groups in total. The van der Waals surface area contributed by atoms with Crippen LogP contribution >= 0.6 is 0 Å². The predicted octanol–water partition coefficient (Wildman–Crippen LogP) is 3.34. The number of hydrogen-bond donors (Lipinski definition) is 0. The standard InChI is InChI=1S/C16H21N3/c1-12(2)11-14-13-7-3-4-8-15(13)19(18-14)16-9-5-6-10-17-16/h5-6,9-10,12H,3-4,7-8,11H2,1-2H3. The van der Waals surface area contributed by atoms with Crippen molar-refractivity contribution >= 4 is 0 Å². The lowest BCUT2D eigenvalue weighted by molar-refractivity contribution is 0.621. The molecule has 0 amide bonds. The molecule has 0 saturated heterocycles. The second-order valence-corrected chi connectivity index (χ2v) is 5.78. The van der Waals surface area contributed by atoms with Crippen molar-refractivity contribution in [2.75, 3.05) is 0 Å². The molecule has 0 saturated carbocycles. The summed E-state index contributed by atoms with van der Waals surface area (Å²) < 4.78 is 2.08. The third kappa shape index (κ3) is 2.42. The van der Waals surface area contributed by atoms with Crippen molar-refractivity contribution in [3.8, 4) is 5.82 Å². The van der Waals surface area contributed by atoms with Gasteiger partial charge in [0, 0.05) is 11.9 Å². The summed E-state index contributed by atoms with van der Waals surface area (Å²) >= 11 is 0. The highest BCUT2D eigenvalue weighted by Crippen LogP contribution is 2.27. The smallest absolute Gasteiger partial charge is 0.153 e. The molecule has 1 aliphatic rings. The van der Waals surface area contributed by atoms with Gasteiger partial charge in [0.05, 0.1) is 5.69 Å². The molecule has 0 spiro atoms. The van der Waals surface area contributed by atoms with Gasteiger partial charge in [0.1, 0.15) is 0 Å². The first-order chi connectivity index (χ1) is 9.25. The summed E-state index contributed by atoms with van der Waals surface area (Å²) in [4.78, 5) is 4.45. The van der Waals surface area contributed by atoms with E-state index in [4.69, 9.17) is 5.10 Å². The Morgan fingerprint density at radius 2 is 2.05 bits per heavy atom. The van der Waals surface area contributed by atoms with Gasteiger partial charge in [-0.05, 0) is 55.7 Å². The van der Waals surface area contributed by atoms with Crippen LogP contribution < -0.4 is 0 Å². The fourth-order valence-corrected chi connectivity index (χ4v) is 2.89. The maximum absolute atomic E-state index is 4.86. The van der Waals surface area contributed by atoms with E-state index in [1.807, 2.05) is 24.4 Å². The minimum Gasteiger partial charge on any atom is -0.237 e. The predicted molar refractivity (Wildman–Crippen MR) is 76.5 cm³/mol. The molecule has 3 rings (SSSR count). The Morgan fingerprint density at radius 1 is 1.21 bits per heavy atom. The van der Waals surface area contributed by atoms with E-state index >= 15 is 0 Å². The first kappa shape index (κ1) is 12.4. The average Bonchev–Trinajstić information content (AvgIpc) is 2.78. The third-order valence-electron chi connectivity index (χ3n) is 3.73. The van der Waals surface area contributed by atoms with Gasteiger partial charge < -0.3 is 0 Å². The van der Waals surface area contributed by atoms with Gasteiger partial charge >= 0.3 is 0 Å². The molecule has 2 heterocycles. The molecule has 3 heteroatoms. The van der Waals surface area contributed by atoms with E-state index in [0.717, 1.165) is 18.7 Å². The topological polar surface area (TPSA) is 30.7 Å². The maximum Gasteiger partial charge on any atom is 0.153 e. The number of hydrogen-bond acceptors (Lipinski definition) is 2. The fourth-order valence-electron chi connectivity index (χ4n) is 2.89. The summed E-state index contributed by atoms with van der Waals surface area (Å²) in [6.45, 7) is 4.52. The molecule has 3 nitrogen and oxygen atoms in total. The summed E-state index contributed by atoms with van der Waals surface area (Å²) in [5.41, 5.74) is 4.17. The molecule has 1 aliphatic carbocycles. The molecular formula is C16H21N3. The molecule has 0 aromatic carbocycles. The Kier molecular flexibility index (Phi) is 3.36. The van der Waals surface area contributed by atoms with Crippen LogP contribution in [-0.2, 0) is 19.3 Å². The molecule has 2 aromatic rings. The van der Waals surface area contributed by atoms with E-state index < -0.39 is 0 Å². The van der Waals surface area contributed by atoms with Crippen LogP contribution in [0.25, 0.3) is 5.82 Å². The van der Waals surface area contributed by atoms with Crippen molar-refractivity contribution in [2.45, 2.75) is 46.0 Å². The first-order valence-electron chi connectivity index (χ1n) is 7.26. The van der Waals surface area contributed by atoms with Crippen molar-refractivity contribution < 1.29 is 0 Å². The van der Waals surface area contributed by atoms with E-state index in [1.165, 1.54) is 36.2 Å². The normalized spacial score (nSPS) is 14.7. The van der Waals surface area contributed by atoms with E-state index in [2.05, 4.69) is 23.5 Å². The SMILES string of the molecule is CC(C)Cc1nn(-c2ccccn2)c2c1CCCC2. The van der Waals surface area contributed by atoms with Gasteiger partial charge in [-0.1, -0.05) is 19.9 Å². The Balaban J connectivity index is 2.07. The van der Waals surface area contributed by atoms with Crippen LogP contribution in [0.15, 0.2) is 24.4 Å². The van der Waals surface area contributed by atoms with Crippen molar-refractivity contribution in [1.29, 1.82) is 0 Å². The molecule has 100 valence electrons. The van der Waals surface area contributed by atoms with E-state index in [-0.39, 0.29) is 0 Å². The van der Waals surface area contributed by atoms with Crippen LogP contribution in [0.3, 0.4) is 0 Å². The third-order valence-corrected chi connectivity index (χ3v) is 3.73. The molecule has 0 unspecified atom stereocenters. The van der Waals surface area contributed by atoms with Crippen molar-refractivity contribution in [3.63, 3.8) is 0 Å². The second kappa shape index (κ2) is 5.16. The number of rotatable bonds is 3. The molecule has 0 fully saturated rings. The molecule has 0 radical (unpaired) electrons. The van der Waals surface area contributed by atoms with Gasteiger partial charge in [0.15, 0.2) is 5.82 Å². The Bertz CT molecular complexity index is 555. The molecule has 0 bridgehead atoms. The van der Waals surface area contributed by atoms with E-state index in [9.17, 15) is 0 Å². The van der Waals surface area contributed by atoms with Crippen LogP contribution in [0.2, 0.25) is 0 Å². The lowest BCUT2D eigenvalue weighted by Gasteiger charge is -2.14. The monoisotopic (exact) mass is 255 g/mol. The van der Waals surface area contributed by atoms with Crippen LogP contribution in [0.5, 0.6) is 0 Å². The molecule has 19 heavy (non-hydrogen) atoms. The van der Waals surface area contributed by atoms with Gasteiger partial charge in [-0.15, -0.1) is 0 Å². The number of aromatic nitrogens is 3. The molecule has 0 aliphatic heterocycles. The molecular weight excluding hydrogens is 234 g/mol. The average molecular weight is 255 g/mol. The number of pyridine rings is 1. The highest BCUT2D eigenvalue weighted by atomic mass is 15.3. The van der Waals surface area contributed by atoms with Gasteiger partial charge in [0.2, 0.25) is 0 Å². The van der Waals surface area contributed by atoms with Crippen molar-refractivity contribution in [2.24, 2.45) is 5.92 Å². The summed E-state index contributed by atoms with van der Waals surface area (Å²) in [6.07, 6.45) is 7.80. The Morgan fingerprint density at radius 3 is 2.79 bits per heavy atom. The lowest BCUT2D eigenvalue weighted by Crippen LogP contribution is -2.08. The summed E-state index contributed by atoms with van der Waals surface area (Å²) in [5.74, 6) is 1.61. The van der Waals surface area contributed by atoms with Gasteiger partial charge in [-0.3, -0.25) is 0 Å². The fraction of sp³-hybridized carbons (Fsp3) is 0.500. The summed E-state index contributed by atoms with van der Waals surface area (Å²) in [5, 5.41) is 4.86. The van der Waals surface area contributed by atoms with Crippen LogP contribution in [0.1, 0.15) is 43.6 Å². The number of fused-ring (bicyclic) bond motifs is 1. The minimum atomic E-state index is 0.651. The minimum absolute atomic E-state index is 0.651. The zero-order valence-electron chi connectivity index (χ0n) is 11.8. The maximum atomic E-state index is 4.86.